The van der Waals surface area contributed by atoms with Crippen LogP contribution in [0.25, 0.3) is 11.0 Å². The number of fused-ring (bicyclic) bond motifs is 1. The summed E-state index contributed by atoms with van der Waals surface area (Å²) in [4.78, 5) is 24.4. The molecule has 3 rings (SSSR count). The maximum Gasteiger partial charge on any atom is 0.287 e. The number of carbonyl (C=O) groups is 2. The summed E-state index contributed by atoms with van der Waals surface area (Å²) in [5.41, 5.74) is 2.52. The van der Waals surface area contributed by atoms with Crippen LogP contribution in [0.1, 0.15) is 21.7 Å². The first kappa shape index (κ1) is 18.1. The van der Waals surface area contributed by atoms with Gasteiger partial charge in [-0.2, -0.15) is 0 Å². The van der Waals surface area contributed by atoms with Crippen molar-refractivity contribution in [3.63, 3.8) is 0 Å². The lowest BCUT2D eigenvalue weighted by Gasteiger charge is -2.09. The number of aryl methyl sites for hydroxylation is 2. The molecule has 0 radical (unpaired) electrons. The van der Waals surface area contributed by atoms with Crippen molar-refractivity contribution in [1.29, 1.82) is 0 Å². The van der Waals surface area contributed by atoms with Crippen molar-refractivity contribution in [1.82, 2.24) is 5.32 Å². The molecule has 0 saturated heterocycles. The van der Waals surface area contributed by atoms with Gasteiger partial charge in [-0.25, -0.2) is 4.39 Å². The Morgan fingerprint density at radius 3 is 2.65 bits per heavy atom. The molecule has 1 heterocycles. The largest absolute Gasteiger partial charge is 0.451 e. The van der Waals surface area contributed by atoms with Gasteiger partial charge in [-0.3, -0.25) is 9.59 Å². The molecule has 0 saturated carbocycles. The van der Waals surface area contributed by atoms with Crippen molar-refractivity contribution in [3.8, 4) is 0 Å². The minimum absolute atomic E-state index is 0.0678. The fourth-order valence-corrected chi connectivity index (χ4v) is 3.09. The van der Waals surface area contributed by atoms with Gasteiger partial charge < -0.3 is 15.1 Å². The Balaban J connectivity index is 1.67. The number of benzene rings is 2. The average Bonchev–Trinajstić information content (AvgIpc) is 2.92. The lowest BCUT2D eigenvalue weighted by Crippen LogP contribution is -2.33. The Morgan fingerprint density at radius 1 is 1.15 bits per heavy atom. The van der Waals surface area contributed by atoms with E-state index in [0.717, 1.165) is 10.0 Å². The van der Waals surface area contributed by atoms with E-state index in [9.17, 15) is 14.0 Å². The first-order chi connectivity index (χ1) is 12.3. The summed E-state index contributed by atoms with van der Waals surface area (Å²) in [6.45, 7) is 3.33. The molecule has 2 amide bonds. The second-order valence-electron chi connectivity index (χ2n) is 5.89. The SMILES string of the molecule is Cc1cc(Br)ccc1NC(=O)CNC(=O)c1oc2ccc(F)cc2c1C. The highest BCUT2D eigenvalue weighted by atomic mass is 79.9. The molecule has 26 heavy (non-hydrogen) atoms. The van der Waals surface area contributed by atoms with Crippen molar-refractivity contribution in [2.75, 3.05) is 11.9 Å². The van der Waals surface area contributed by atoms with Crippen LogP contribution in [0.15, 0.2) is 45.3 Å². The highest BCUT2D eigenvalue weighted by molar-refractivity contribution is 9.10. The summed E-state index contributed by atoms with van der Waals surface area (Å²) < 4.78 is 19.7. The molecule has 0 unspecified atom stereocenters. The highest BCUT2D eigenvalue weighted by Crippen LogP contribution is 2.26. The van der Waals surface area contributed by atoms with Crippen LogP contribution in [0, 0.1) is 19.7 Å². The number of halogens is 2. The van der Waals surface area contributed by atoms with Gasteiger partial charge in [0.25, 0.3) is 5.91 Å². The number of carbonyl (C=O) groups excluding carboxylic acids is 2. The maximum absolute atomic E-state index is 13.3. The van der Waals surface area contributed by atoms with Crippen LogP contribution in [-0.2, 0) is 4.79 Å². The van der Waals surface area contributed by atoms with E-state index >= 15 is 0 Å². The number of furan rings is 1. The Morgan fingerprint density at radius 2 is 1.92 bits per heavy atom. The Labute approximate surface area is 157 Å². The highest BCUT2D eigenvalue weighted by Gasteiger charge is 2.18. The second-order valence-corrected chi connectivity index (χ2v) is 6.80. The molecular weight excluding hydrogens is 403 g/mol. The summed E-state index contributed by atoms with van der Waals surface area (Å²) in [6, 6.07) is 9.52. The Bertz CT molecular complexity index is 1010. The van der Waals surface area contributed by atoms with Gasteiger partial charge >= 0.3 is 0 Å². The van der Waals surface area contributed by atoms with Crippen LogP contribution in [0.4, 0.5) is 10.1 Å². The van der Waals surface area contributed by atoms with Gasteiger partial charge in [-0.05, 0) is 55.8 Å². The molecule has 0 spiro atoms. The molecule has 2 aromatic carbocycles. The van der Waals surface area contributed by atoms with E-state index in [2.05, 4.69) is 26.6 Å². The number of nitrogens with one attached hydrogen (secondary N) is 2. The van der Waals surface area contributed by atoms with Gasteiger partial charge in [0, 0.05) is 21.1 Å². The summed E-state index contributed by atoms with van der Waals surface area (Å²) in [7, 11) is 0. The van der Waals surface area contributed by atoms with Crippen molar-refractivity contribution in [2.24, 2.45) is 0 Å². The second kappa shape index (κ2) is 7.29. The molecule has 0 fully saturated rings. The summed E-state index contributed by atoms with van der Waals surface area (Å²) in [5.74, 6) is -1.22. The van der Waals surface area contributed by atoms with Gasteiger partial charge in [0.05, 0.1) is 6.54 Å². The molecule has 0 aliphatic rings. The minimum atomic E-state index is -0.526. The molecule has 1 aromatic heterocycles. The molecule has 7 heteroatoms. The first-order valence-corrected chi connectivity index (χ1v) is 8.67. The van der Waals surface area contributed by atoms with Gasteiger partial charge in [-0.15, -0.1) is 0 Å². The van der Waals surface area contributed by atoms with Crippen LogP contribution in [0.5, 0.6) is 0 Å². The van der Waals surface area contributed by atoms with E-state index < -0.39 is 11.7 Å². The number of rotatable bonds is 4. The average molecular weight is 419 g/mol. The van der Waals surface area contributed by atoms with Crippen molar-refractivity contribution in [2.45, 2.75) is 13.8 Å². The predicted molar refractivity (Wildman–Crippen MR) is 101 cm³/mol. The zero-order valence-electron chi connectivity index (χ0n) is 14.2. The predicted octanol–water partition coefficient (Wildman–Crippen LogP) is 4.32. The fraction of sp³-hybridized carbons (Fsp3) is 0.158. The first-order valence-electron chi connectivity index (χ1n) is 7.88. The van der Waals surface area contributed by atoms with Gasteiger partial charge in [-0.1, -0.05) is 15.9 Å². The van der Waals surface area contributed by atoms with Crippen molar-refractivity contribution >= 4 is 44.4 Å². The van der Waals surface area contributed by atoms with E-state index in [1.54, 1.807) is 13.0 Å². The third-order valence-corrected chi connectivity index (χ3v) is 4.47. The van der Waals surface area contributed by atoms with Crippen LogP contribution in [-0.4, -0.2) is 18.4 Å². The number of anilines is 1. The van der Waals surface area contributed by atoms with Crippen LogP contribution < -0.4 is 10.6 Å². The summed E-state index contributed by atoms with van der Waals surface area (Å²) in [6.07, 6.45) is 0. The standard InChI is InChI=1S/C19H16BrFN2O3/c1-10-7-12(20)3-5-15(10)23-17(24)9-22-19(25)18-11(2)14-8-13(21)4-6-16(14)26-18/h3-8H,9H2,1-2H3,(H,22,25)(H,23,24). The van der Waals surface area contributed by atoms with Crippen molar-refractivity contribution in [3.05, 3.63) is 63.6 Å². The molecule has 0 aliphatic carbocycles. The maximum atomic E-state index is 13.3. The summed E-state index contributed by atoms with van der Waals surface area (Å²) >= 11 is 3.36. The molecule has 0 aliphatic heterocycles. The normalized spacial score (nSPS) is 10.8. The lowest BCUT2D eigenvalue weighted by atomic mass is 10.1. The third-order valence-electron chi connectivity index (χ3n) is 3.98. The van der Waals surface area contributed by atoms with Crippen molar-refractivity contribution < 1.29 is 18.4 Å². The lowest BCUT2D eigenvalue weighted by molar-refractivity contribution is -0.115. The zero-order chi connectivity index (χ0) is 18.8. The number of amides is 2. The van der Waals surface area contributed by atoms with E-state index in [1.165, 1.54) is 18.2 Å². The Hall–Kier alpha value is -2.67. The van der Waals surface area contributed by atoms with Gasteiger partial charge in [0.15, 0.2) is 5.76 Å². The molecule has 134 valence electrons. The molecule has 5 nitrogen and oxygen atoms in total. The topological polar surface area (TPSA) is 71.3 Å². The quantitative estimate of drug-likeness (QED) is 0.662. The van der Waals surface area contributed by atoms with E-state index in [-0.39, 0.29) is 18.2 Å². The van der Waals surface area contributed by atoms with Gasteiger partial charge in [0.1, 0.15) is 11.4 Å². The molecular formula is C19H16BrFN2O3. The minimum Gasteiger partial charge on any atom is -0.451 e. The molecule has 0 bridgehead atoms. The zero-order valence-corrected chi connectivity index (χ0v) is 15.7. The van der Waals surface area contributed by atoms with E-state index in [1.807, 2.05) is 19.1 Å². The molecule has 2 N–H and O–H groups in total. The number of hydrogen-bond donors (Lipinski definition) is 2. The molecule has 3 aromatic rings. The Kier molecular flexibility index (Phi) is 5.08. The number of hydrogen-bond acceptors (Lipinski definition) is 3. The fourth-order valence-electron chi connectivity index (χ4n) is 2.61. The third kappa shape index (κ3) is 3.77. The monoisotopic (exact) mass is 418 g/mol. The van der Waals surface area contributed by atoms with E-state index in [0.29, 0.717) is 22.2 Å². The smallest absolute Gasteiger partial charge is 0.287 e. The molecule has 0 atom stereocenters. The van der Waals surface area contributed by atoms with E-state index in [4.69, 9.17) is 4.42 Å². The summed E-state index contributed by atoms with van der Waals surface area (Å²) in [5, 5.41) is 5.79. The van der Waals surface area contributed by atoms with Crippen LogP contribution >= 0.6 is 15.9 Å². The van der Waals surface area contributed by atoms with Crippen LogP contribution in [0.2, 0.25) is 0 Å². The van der Waals surface area contributed by atoms with Crippen LogP contribution in [0.3, 0.4) is 0 Å². The van der Waals surface area contributed by atoms with Gasteiger partial charge in [0.2, 0.25) is 5.91 Å².